The zero-order chi connectivity index (χ0) is 7.56. The number of hydroxylamine groups is 2. The first-order valence-electron chi connectivity index (χ1n) is 2.82. The number of nitrogens with one attached hydrogen (secondary N) is 2. The Morgan fingerprint density at radius 1 is 1.80 bits per heavy atom. The summed E-state index contributed by atoms with van der Waals surface area (Å²) in [5.41, 5.74) is 0. The van der Waals surface area contributed by atoms with Crippen LogP contribution in [0.3, 0.4) is 0 Å². The van der Waals surface area contributed by atoms with Crippen molar-refractivity contribution in [2.24, 2.45) is 0 Å². The van der Waals surface area contributed by atoms with Crippen molar-refractivity contribution >= 4 is 0 Å². The first-order chi connectivity index (χ1) is 4.70. The Morgan fingerprint density at radius 2 is 2.50 bits per heavy atom. The van der Waals surface area contributed by atoms with Crippen molar-refractivity contribution in [3.63, 3.8) is 0 Å². The molecule has 1 unspecified atom stereocenters. The van der Waals surface area contributed by atoms with Crippen LogP contribution in [0.15, 0.2) is 12.0 Å². The molecule has 0 aromatic heterocycles. The van der Waals surface area contributed by atoms with Crippen LogP contribution in [-0.4, -0.2) is 18.0 Å². The van der Waals surface area contributed by atoms with Crippen LogP contribution in [0.25, 0.3) is 0 Å². The average Bonchev–Trinajstić information content (AvgIpc) is 2.15. The molecule has 56 valence electrons. The zero-order valence-corrected chi connectivity index (χ0v) is 5.16. The highest BCUT2D eigenvalue weighted by atomic mass is 16.6. The van der Waals surface area contributed by atoms with Gasteiger partial charge in [-0.15, -0.1) is 0 Å². The molecule has 10 heavy (non-hydrogen) atoms. The third kappa shape index (κ3) is 1.42. The van der Waals surface area contributed by atoms with E-state index < -0.39 is 4.92 Å². The molecule has 1 rings (SSSR count). The summed E-state index contributed by atoms with van der Waals surface area (Å²) >= 11 is 0. The molecule has 0 radical (unpaired) electrons. The van der Waals surface area contributed by atoms with Crippen LogP contribution in [0, 0.1) is 15.3 Å². The molecule has 1 aliphatic rings. The van der Waals surface area contributed by atoms with Gasteiger partial charge in [-0.3, -0.25) is 10.1 Å². The molecule has 0 aromatic rings. The normalized spacial score (nSPS) is 28.5. The predicted octanol–water partition coefficient (Wildman–Crippen LogP) is -1.95. The first-order valence-corrected chi connectivity index (χ1v) is 2.82. The molecule has 0 aromatic carbocycles. The second kappa shape index (κ2) is 2.63. The molecular formula is C4H7N3O3. The van der Waals surface area contributed by atoms with Gasteiger partial charge in [0.15, 0.2) is 0 Å². The van der Waals surface area contributed by atoms with Crippen molar-refractivity contribution in [2.75, 3.05) is 13.1 Å². The molecule has 0 bridgehead atoms. The van der Waals surface area contributed by atoms with Gasteiger partial charge in [0.1, 0.15) is 6.54 Å². The van der Waals surface area contributed by atoms with Crippen molar-refractivity contribution in [3.8, 4) is 0 Å². The fraction of sp³-hybridized carbons (Fsp3) is 0.500. The number of hydrogen-bond donors (Lipinski definition) is 2. The number of quaternary nitrogens is 1. The van der Waals surface area contributed by atoms with Gasteiger partial charge >= 0.3 is 6.20 Å². The quantitative estimate of drug-likeness (QED) is 0.255. The molecule has 0 aliphatic carbocycles. The summed E-state index contributed by atoms with van der Waals surface area (Å²) in [7, 11) is 0. The van der Waals surface area contributed by atoms with E-state index in [1.807, 2.05) is 0 Å². The number of nitro groups is 1. The minimum absolute atomic E-state index is 0.116. The van der Waals surface area contributed by atoms with Crippen LogP contribution >= 0.6 is 0 Å². The summed E-state index contributed by atoms with van der Waals surface area (Å²) in [6, 6.07) is 0. The zero-order valence-electron chi connectivity index (χ0n) is 5.16. The van der Waals surface area contributed by atoms with Gasteiger partial charge in [0.05, 0.1) is 11.5 Å². The van der Waals surface area contributed by atoms with E-state index in [9.17, 15) is 15.3 Å². The Labute approximate surface area is 56.8 Å². The van der Waals surface area contributed by atoms with E-state index in [0.717, 1.165) is 0 Å². The van der Waals surface area contributed by atoms with E-state index in [-0.39, 0.29) is 10.9 Å². The molecule has 0 amide bonds. The maximum absolute atomic E-state index is 10.7. The lowest BCUT2D eigenvalue weighted by Gasteiger charge is -2.11. The number of rotatable bonds is 1. The topological polar surface area (TPSA) is 82.7 Å². The average molecular weight is 145 g/mol. The molecule has 0 spiro atoms. The van der Waals surface area contributed by atoms with E-state index >= 15 is 0 Å². The summed E-state index contributed by atoms with van der Waals surface area (Å²) in [6.45, 7) is 0.873. The highest BCUT2D eigenvalue weighted by Gasteiger charge is 2.17. The van der Waals surface area contributed by atoms with Crippen LogP contribution < -0.4 is 10.4 Å². The lowest BCUT2D eigenvalue weighted by Crippen LogP contribution is -3.03. The van der Waals surface area contributed by atoms with Crippen LogP contribution in [-0.2, 0) is 0 Å². The van der Waals surface area contributed by atoms with Gasteiger partial charge < -0.3 is 15.6 Å². The Bertz CT molecular complexity index is 179. The summed E-state index contributed by atoms with van der Waals surface area (Å²) in [5.74, 6) is 0.116. The third-order valence-electron chi connectivity index (χ3n) is 1.20. The third-order valence-corrected chi connectivity index (χ3v) is 1.20. The molecule has 1 fully saturated rings. The van der Waals surface area contributed by atoms with E-state index in [1.54, 1.807) is 0 Å². The standard InChI is InChI=1S/C4H7N3O3/c8-6-2-1-5-4(6)3-7(9)10/h3,5-6H,1-2H2. The molecule has 1 saturated heterocycles. The van der Waals surface area contributed by atoms with Crippen LogP contribution in [0.4, 0.5) is 0 Å². The number of hydrogen-bond acceptors (Lipinski definition) is 4. The summed E-state index contributed by atoms with van der Waals surface area (Å²) in [5, 5.41) is 22.9. The first kappa shape index (κ1) is 6.97. The summed E-state index contributed by atoms with van der Waals surface area (Å²) in [6.07, 6.45) is 0.704. The largest absolute Gasteiger partial charge is 0.628 e. The Kier molecular flexibility index (Phi) is 1.83. The van der Waals surface area contributed by atoms with E-state index in [1.165, 1.54) is 0 Å². The summed E-state index contributed by atoms with van der Waals surface area (Å²) in [4.78, 5) is 9.20. The van der Waals surface area contributed by atoms with Gasteiger partial charge in [0, 0.05) is 0 Å². The lowest BCUT2D eigenvalue weighted by molar-refractivity contribution is -0.797. The lowest BCUT2D eigenvalue weighted by atomic mass is 10.7. The molecular weight excluding hydrogens is 138 g/mol. The van der Waals surface area contributed by atoms with Crippen LogP contribution in [0.5, 0.6) is 0 Å². The van der Waals surface area contributed by atoms with Gasteiger partial charge in [0.25, 0.3) is 5.82 Å². The highest BCUT2D eigenvalue weighted by molar-refractivity contribution is 4.85. The fourth-order valence-corrected chi connectivity index (χ4v) is 0.767. The highest BCUT2D eigenvalue weighted by Crippen LogP contribution is 1.82. The van der Waals surface area contributed by atoms with Crippen molar-refractivity contribution in [1.82, 2.24) is 5.32 Å². The van der Waals surface area contributed by atoms with Gasteiger partial charge in [-0.1, -0.05) is 0 Å². The maximum Gasteiger partial charge on any atom is 0.312 e. The molecule has 1 aliphatic heterocycles. The van der Waals surface area contributed by atoms with E-state index in [2.05, 4.69) is 5.32 Å². The minimum atomic E-state index is -0.633. The van der Waals surface area contributed by atoms with Gasteiger partial charge in [-0.05, 0) is 0 Å². The van der Waals surface area contributed by atoms with E-state index in [0.29, 0.717) is 19.3 Å². The monoisotopic (exact) mass is 145 g/mol. The molecule has 1 heterocycles. The van der Waals surface area contributed by atoms with Crippen molar-refractivity contribution in [1.29, 1.82) is 0 Å². The van der Waals surface area contributed by atoms with Crippen LogP contribution in [0.2, 0.25) is 0 Å². The second-order valence-electron chi connectivity index (χ2n) is 1.93. The number of nitrogens with zero attached hydrogens (tertiary/aromatic N) is 1. The molecule has 2 N–H and O–H groups in total. The Morgan fingerprint density at radius 3 is 2.90 bits per heavy atom. The minimum Gasteiger partial charge on any atom is -0.628 e. The molecule has 1 atom stereocenters. The molecule has 6 nitrogen and oxygen atoms in total. The summed E-state index contributed by atoms with van der Waals surface area (Å²) < 4.78 is 0. The van der Waals surface area contributed by atoms with Crippen molar-refractivity contribution < 1.29 is 9.99 Å². The van der Waals surface area contributed by atoms with Crippen LogP contribution in [0.1, 0.15) is 0 Å². The van der Waals surface area contributed by atoms with Gasteiger partial charge in [-0.2, -0.15) is 0 Å². The Balaban J connectivity index is 2.62. The smallest absolute Gasteiger partial charge is 0.312 e. The molecule has 6 heteroatoms. The second-order valence-corrected chi connectivity index (χ2v) is 1.93. The van der Waals surface area contributed by atoms with Crippen molar-refractivity contribution in [2.45, 2.75) is 0 Å². The van der Waals surface area contributed by atoms with E-state index in [4.69, 9.17) is 0 Å². The Hall–Kier alpha value is -1.14. The predicted molar refractivity (Wildman–Crippen MR) is 32.3 cm³/mol. The molecule has 0 saturated carbocycles. The van der Waals surface area contributed by atoms with Gasteiger partial charge in [0.2, 0.25) is 0 Å². The van der Waals surface area contributed by atoms with Gasteiger partial charge in [-0.25, -0.2) is 0 Å². The van der Waals surface area contributed by atoms with Crippen molar-refractivity contribution in [3.05, 3.63) is 27.3 Å². The fourth-order valence-electron chi connectivity index (χ4n) is 0.767. The maximum atomic E-state index is 10.7. The SMILES string of the molecule is O=[N+]([O-])C=C1NCC[NH+]1[O-].